The number of carbonyl (C=O) groups excluding carboxylic acids is 1. The molecule has 1 rings (SSSR count). The smallest absolute Gasteiger partial charge is 0.180 e. The van der Waals surface area contributed by atoms with Crippen molar-refractivity contribution in [3.63, 3.8) is 0 Å². The van der Waals surface area contributed by atoms with Crippen LogP contribution in [-0.4, -0.2) is 5.78 Å². The average molecular weight is 368 g/mol. The van der Waals surface area contributed by atoms with Crippen LogP contribution in [0, 0.1) is 20.7 Å². The molecule has 0 amide bonds. The van der Waals surface area contributed by atoms with Gasteiger partial charge in [-0.05, 0) is 50.7 Å². The Hall–Kier alpha value is -0.480. The fraction of sp³-hybridized carbons (Fsp3) is 0.111. The van der Waals surface area contributed by atoms with Crippen LogP contribution in [0.15, 0.2) is 16.6 Å². The molecule has 0 atom stereocenters. The molecule has 0 N–H and O–H groups in total. The zero-order valence-corrected chi connectivity index (χ0v) is 10.6. The van der Waals surface area contributed by atoms with Gasteiger partial charge >= 0.3 is 0 Å². The van der Waals surface area contributed by atoms with Gasteiger partial charge in [-0.25, -0.2) is 4.39 Å². The Morgan fingerprint density at radius 1 is 1.64 bits per heavy atom. The summed E-state index contributed by atoms with van der Waals surface area (Å²) in [6, 6.07) is 4.86. The molecule has 0 bridgehead atoms. The van der Waals surface area contributed by atoms with Crippen molar-refractivity contribution < 1.29 is 9.18 Å². The van der Waals surface area contributed by atoms with Gasteiger partial charge < -0.3 is 0 Å². The Bertz CT molecular complexity index is 428. The largest absolute Gasteiger partial charge is 0.293 e. The Morgan fingerprint density at radius 3 is 2.86 bits per heavy atom. The minimum absolute atomic E-state index is 0.0125. The monoisotopic (exact) mass is 367 g/mol. The van der Waals surface area contributed by atoms with Gasteiger partial charge in [0.1, 0.15) is 5.82 Å². The molecule has 0 aliphatic rings. The molecule has 0 saturated carbocycles. The van der Waals surface area contributed by atoms with Gasteiger partial charge in [0.15, 0.2) is 5.78 Å². The first-order chi connectivity index (χ1) is 6.57. The predicted octanol–water partition coefficient (Wildman–Crippen LogP) is 3.29. The topological polar surface area (TPSA) is 40.9 Å². The Balaban J connectivity index is 3.27. The number of hydrogen-bond acceptors (Lipinski definition) is 2. The first kappa shape index (κ1) is 11.6. The molecule has 0 radical (unpaired) electrons. The van der Waals surface area contributed by atoms with E-state index in [0.29, 0.717) is 3.57 Å². The average Bonchev–Trinajstić information content (AvgIpc) is 2.13. The van der Waals surface area contributed by atoms with Gasteiger partial charge in [-0.1, -0.05) is 0 Å². The van der Waals surface area contributed by atoms with Crippen molar-refractivity contribution in [3.05, 3.63) is 31.6 Å². The number of nitriles is 1. The van der Waals surface area contributed by atoms with Crippen LogP contribution in [0.5, 0.6) is 0 Å². The third kappa shape index (κ3) is 2.30. The molecular formula is C9H4BrFINO. The van der Waals surface area contributed by atoms with Crippen LogP contribution in [0.4, 0.5) is 4.39 Å². The highest BCUT2D eigenvalue weighted by Gasteiger charge is 2.17. The molecule has 1 aromatic rings. The van der Waals surface area contributed by atoms with Crippen LogP contribution in [-0.2, 0) is 0 Å². The van der Waals surface area contributed by atoms with Gasteiger partial charge in [-0.15, -0.1) is 0 Å². The van der Waals surface area contributed by atoms with E-state index in [1.165, 1.54) is 6.07 Å². The summed E-state index contributed by atoms with van der Waals surface area (Å²) < 4.78 is 14.2. The van der Waals surface area contributed by atoms with Crippen molar-refractivity contribution in [1.82, 2.24) is 0 Å². The van der Waals surface area contributed by atoms with E-state index in [0.717, 1.165) is 0 Å². The van der Waals surface area contributed by atoms with Crippen molar-refractivity contribution in [2.75, 3.05) is 0 Å². The van der Waals surface area contributed by atoms with E-state index in [1.807, 2.05) is 22.6 Å². The summed E-state index contributed by atoms with van der Waals surface area (Å²) in [5.74, 6) is -1.09. The van der Waals surface area contributed by atoms with Gasteiger partial charge in [-0.2, -0.15) is 5.26 Å². The van der Waals surface area contributed by atoms with Crippen LogP contribution in [0.2, 0.25) is 0 Å². The molecule has 0 spiro atoms. The number of ketones is 1. The second kappa shape index (κ2) is 4.84. The maximum Gasteiger partial charge on any atom is 0.180 e. The van der Waals surface area contributed by atoms with E-state index in [-0.39, 0.29) is 16.5 Å². The fourth-order valence-corrected chi connectivity index (χ4v) is 1.99. The first-order valence-corrected chi connectivity index (χ1v) is 5.48. The normalized spacial score (nSPS) is 9.57. The molecule has 0 unspecified atom stereocenters. The van der Waals surface area contributed by atoms with Gasteiger partial charge in [0.25, 0.3) is 0 Å². The summed E-state index contributed by atoms with van der Waals surface area (Å²) in [6.45, 7) is 0. The lowest BCUT2D eigenvalue weighted by molar-refractivity contribution is 0.0993. The van der Waals surface area contributed by atoms with Crippen LogP contribution in [0.25, 0.3) is 0 Å². The van der Waals surface area contributed by atoms with Gasteiger partial charge in [-0.3, -0.25) is 4.79 Å². The van der Waals surface area contributed by atoms with Gasteiger partial charge in [0.05, 0.1) is 22.5 Å². The molecule has 1 aromatic carbocycles. The Kier molecular flexibility index (Phi) is 4.01. The van der Waals surface area contributed by atoms with Crippen molar-refractivity contribution in [2.24, 2.45) is 0 Å². The molecule has 5 heteroatoms. The van der Waals surface area contributed by atoms with E-state index >= 15 is 0 Å². The molecule has 0 aliphatic carbocycles. The van der Waals surface area contributed by atoms with Crippen molar-refractivity contribution in [3.8, 4) is 6.07 Å². The predicted molar refractivity (Wildman–Crippen MR) is 61.4 cm³/mol. The Labute approximate surface area is 102 Å². The zero-order chi connectivity index (χ0) is 10.7. The first-order valence-electron chi connectivity index (χ1n) is 3.61. The minimum atomic E-state index is -0.600. The Morgan fingerprint density at radius 2 is 2.29 bits per heavy atom. The van der Waals surface area contributed by atoms with Crippen LogP contribution in [0.3, 0.4) is 0 Å². The van der Waals surface area contributed by atoms with Crippen LogP contribution < -0.4 is 0 Å². The maximum absolute atomic E-state index is 13.5. The molecule has 2 nitrogen and oxygen atoms in total. The standard InChI is InChI=1S/C9H4BrFINO/c10-5-1-2-6(12)8(9(5)11)7(14)3-4-13/h1-2H,3H2. The highest BCUT2D eigenvalue weighted by molar-refractivity contribution is 14.1. The van der Waals surface area contributed by atoms with E-state index in [1.54, 1.807) is 12.1 Å². The lowest BCUT2D eigenvalue weighted by Crippen LogP contribution is -2.04. The number of rotatable bonds is 2. The van der Waals surface area contributed by atoms with Gasteiger partial charge in [0, 0.05) is 3.57 Å². The van der Waals surface area contributed by atoms with Crippen molar-refractivity contribution in [2.45, 2.75) is 6.42 Å². The van der Waals surface area contributed by atoms with Crippen LogP contribution >= 0.6 is 38.5 Å². The molecular weight excluding hydrogens is 364 g/mol. The zero-order valence-electron chi connectivity index (χ0n) is 6.85. The summed E-state index contributed by atoms with van der Waals surface area (Å²) in [5.41, 5.74) is -0.0125. The maximum atomic E-state index is 13.5. The summed E-state index contributed by atoms with van der Waals surface area (Å²) >= 11 is 4.85. The number of benzene rings is 1. The quantitative estimate of drug-likeness (QED) is 0.457. The highest BCUT2D eigenvalue weighted by Crippen LogP contribution is 2.24. The summed E-state index contributed by atoms with van der Waals surface area (Å²) in [4.78, 5) is 11.4. The molecule has 0 aliphatic heterocycles. The highest BCUT2D eigenvalue weighted by atomic mass is 127. The molecule has 0 fully saturated rings. The second-order valence-electron chi connectivity index (χ2n) is 2.48. The SMILES string of the molecule is N#CCC(=O)c1c(I)ccc(Br)c1F. The second-order valence-corrected chi connectivity index (χ2v) is 4.49. The number of halogens is 3. The summed E-state index contributed by atoms with van der Waals surface area (Å²) in [5, 5.41) is 8.34. The minimum Gasteiger partial charge on any atom is -0.293 e. The molecule has 0 heterocycles. The molecule has 14 heavy (non-hydrogen) atoms. The molecule has 72 valence electrons. The van der Waals surface area contributed by atoms with Crippen molar-refractivity contribution in [1.29, 1.82) is 5.26 Å². The van der Waals surface area contributed by atoms with Crippen molar-refractivity contribution >= 4 is 44.3 Å². The van der Waals surface area contributed by atoms with Crippen LogP contribution in [0.1, 0.15) is 16.8 Å². The molecule has 0 aromatic heterocycles. The molecule has 0 saturated heterocycles. The van der Waals surface area contributed by atoms with E-state index < -0.39 is 11.6 Å². The summed E-state index contributed by atoms with van der Waals surface area (Å²) in [6.07, 6.45) is -0.302. The lowest BCUT2D eigenvalue weighted by Gasteiger charge is -2.04. The van der Waals surface area contributed by atoms with E-state index in [9.17, 15) is 9.18 Å². The van der Waals surface area contributed by atoms with Gasteiger partial charge in [0.2, 0.25) is 0 Å². The third-order valence-electron chi connectivity index (χ3n) is 1.56. The lowest BCUT2D eigenvalue weighted by atomic mass is 10.1. The number of Topliss-reactive ketones (excluding diaryl/α,β-unsaturated/α-hetero) is 1. The fourth-order valence-electron chi connectivity index (χ4n) is 0.943. The summed E-state index contributed by atoms with van der Waals surface area (Å²) in [7, 11) is 0. The number of carbonyl (C=O) groups is 1. The van der Waals surface area contributed by atoms with E-state index in [2.05, 4.69) is 15.9 Å². The number of nitrogens with zero attached hydrogens (tertiary/aromatic N) is 1. The third-order valence-corrected chi connectivity index (χ3v) is 3.07. The number of hydrogen-bond donors (Lipinski definition) is 0. The van der Waals surface area contributed by atoms with E-state index in [4.69, 9.17) is 5.26 Å².